The van der Waals surface area contributed by atoms with E-state index in [4.69, 9.17) is 11.6 Å². The van der Waals surface area contributed by atoms with Crippen LogP contribution in [0, 0.1) is 0 Å². The second-order valence-electron chi connectivity index (χ2n) is 7.24. The van der Waals surface area contributed by atoms with Crippen molar-refractivity contribution in [1.29, 1.82) is 0 Å². The molecule has 0 aliphatic rings. The van der Waals surface area contributed by atoms with Gasteiger partial charge in [-0.15, -0.1) is 11.3 Å². The van der Waals surface area contributed by atoms with Crippen LogP contribution in [0.5, 0.6) is 0 Å². The molecule has 1 heterocycles. The van der Waals surface area contributed by atoms with Crippen LogP contribution < -0.4 is 5.32 Å². The number of hydrogen-bond acceptors (Lipinski definition) is 3. The van der Waals surface area contributed by atoms with Crippen molar-refractivity contribution < 1.29 is 4.79 Å². The highest BCUT2D eigenvalue weighted by atomic mass is 35.5. The minimum Gasteiger partial charge on any atom is -0.298 e. The average molecular weight is 397 g/mol. The lowest BCUT2D eigenvalue weighted by molar-refractivity contribution is -0.111. The third kappa shape index (κ3) is 5.28. The number of carbonyl (C=O) groups is 1. The van der Waals surface area contributed by atoms with Crippen LogP contribution in [0.2, 0.25) is 5.02 Å². The summed E-state index contributed by atoms with van der Waals surface area (Å²) in [4.78, 5) is 16.6. The number of anilines is 1. The maximum Gasteiger partial charge on any atom is 0.250 e. The van der Waals surface area contributed by atoms with Gasteiger partial charge in [0.1, 0.15) is 0 Å². The van der Waals surface area contributed by atoms with Crippen molar-refractivity contribution >= 4 is 40.1 Å². The molecular formula is C22H21ClN2OS. The number of nitrogens with one attached hydrogen (secondary N) is 1. The van der Waals surface area contributed by atoms with Gasteiger partial charge < -0.3 is 0 Å². The molecule has 138 valence electrons. The second kappa shape index (κ2) is 8.07. The number of rotatable bonds is 4. The molecule has 27 heavy (non-hydrogen) atoms. The van der Waals surface area contributed by atoms with E-state index in [2.05, 4.69) is 43.2 Å². The van der Waals surface area contributed by atoms with Crippen molar-refractivity contribution in [3.05, 3.63) is 76.1 Å². The SMILES string of the molecule is CC(C)(C)c1ccc(C=CC(=O)Nc2nc(-c3ccc(Cl)cc3)cs2)cc1. The standard InChI is InChI=1S/C22H21ClN2OS/c1-22(2,3)17-9-4-15(5-10-17)6-13-20(26)25-21-24-19(14-27-21)16-7-11-18(23)12-8-16/h4-14H,1-3H3,(H,24,25,26). The maximum atomic E-state index is 12.2. The van der Waals surface area contributed by atoms with Crippen molar-refractivity contribution in [1.82, 2.24) is 4.98 Å². The van der Waals surface area contributed by atoms with E-state index in [1.165, 1.54) is 23.0 Å². The van der Waals surface area contributed by atoms with Crippen LogP contribution >= 0.6 is 22.9 Å². The Balaban J connectivity index is 1.62. The van der Waals surface area contributed by atoms with Crippen molar-refractivity contribution in [3.8, 4) is 11.3 Å². The second-order valence-corrected chi connectivity index (χ2v) is 8.53. The normalized spacial score (nSPS) is 11.7. The molecule has 1 N–H and O–H groups in total. The summed E-state index contributed by atoms with van der Waals surface area (Å²) in [5.74, 6) is -0.202. The monoisotopic (exact) mass is 396 g/mol. The molecule has 0 saturated carbocycles. The van der Waals surface area contributed by atoms with E-state index in [0.717, 1.165) is 16.8 Å². The van der Waals surface area contributed by atoms with Gasteiger partial charge in [0.05, 0.1) is 5.69 Å². The van der Waals surface area contributed by atoms with Crippen molar-refractivity contribution in [2.24, 2.45) is 0 Å². The third-order valence-electron chi connectivity index (χ3n) is 4.08. The van der Waals surface area contributed by atoms with Gasteiger partial charge in [-0.05, 0) is 34.8 Å². The van der Waals surface area contributed by atoms with Crippen LogP contribution in [0.3, 0.4) is 0 Å². The highest BCUT2D eigenvalue weighted by molar-refractivity contribution is 7.14. The molecule has 0 aliphatic carbocycles. The fourth-order valence-electron chi connectivity index (χ4n) is 2.50. The Morgan fingerprint density at radius 1 is 1.07 bits per heavy atom. The van der Waals surface area contributed by atoms with E-state index in [1.807, 2.05) is 41.8 Å². The fraction of sp³-hybridized carbons (Fsp3) is 0.182. The Bertz CT molecular complexity index is 951. The summed E-state index contributed by atoms with van der Waals surface area (Å²) in [6, 6.07) is 15.7. The van der Waals surface area contributed by atoms with Gasteiger partial charge in [-0.2, -0.15) is 0 Å². The molecule has 0 radical (unpaired) electrons. The lowest BCUT2D eigenvalue weighted by Crippen LogP contribution is -2.10. The number of aromatic nitrogens is 1. The molecule has 2 aromatic carbocycles. The summed E-state index contributed by atoms with van der Waals surface area (Å²) < 4.78 is 0. The van der Waals surface area contributed by atoms with Gasteiger partial charge >= 0.3 is 0 Å². The van der Waals surface area contributed by atoms with Crippen LogP contribution in [0.1, 0.15) is 31.9 Å². The molecule has 1 amide bonds. The Kier molecular flexibility index (Phi) is 5.78. The van der Waals surface area contributed by atoms with Crippen molar-refractivity contribution in [2.75, 3.05) is 5.32 Å². The van der Waals surface area contributed by atoms with Crippen LogP contribution in [0.4, 0.5) is 5.13 Å². The number of nitrogens with zero attached hydrogens (tertiary/aromatic N) is 1. The Morgan fingerprint density at radius 3 is 2.37 bits per heavy atom. The smallest absolute Gasteiger partial charge is 0.250 e. The van der Waals surface area contributed by atoms with Crippen molar-refractivity contribution in [3.63, 3.8) is 0 Å². The summed E-state index contributed by atoms with van der Waals surface area (Å²) in [6.45, 7) is 6.53. The van der Waals surface area contributed by atoms with E-state index in [1.54, 1.807) is 6.08 Å². The van der Waals surface area contributed by atoms with Gasteiger partial charge in [0.15, 0.2) is 5.13 Å². The molecule has 3 aromatic rings. The first-order valence-electron chi connectivity index (χ1n) is 8.62. The Morgan fingerprint density at radius 2 is 1.74 bits per heavy atom. The molecule has 0 saturated heterocycles. The largest absolute Gasteiger partial charge is 0.298 e. The van der Waals surface area contributed by atoms with E-state index in [0.29, 0.717) is 10.2 Å². The summed E-state index contributed by atoms with van der Waals surface area (Å²) >= 11 is 7.30. The maximum absolute atomic E-state index is 12.2. The molecule has 0 bridgehead atoms. The summed E-state index contributed by atoms with van der Waals surface area (Å²) in [5.41, 5.74) is 4.15. The zero-order valence-corrected chi connectivity index (χ0v) is 17.1. The lowest BCUT2D eigenvalue weighted by atomic mass is 9.87. The van der Waals surface area contributed by atoms with E-state index >= 15 is 0 Å². The first kappa shape index (κ1) is 19.3. The van der Waals surface area contributed by atoms with Crippen LogP contribution in [-0.4, -0.2) is 10.9 Å². The molecule has 1 aromatic heterocycles. The molecule has 5 heteroatoms. The predicted molar refractivity (Wildman–Crippen MR) is 115 cm³/mol. The van der Waals surface area contributed by atoms with Gasteiger partial charge in [-0.3, -0.25) is 10.1 Å². The van der Waals surface area contributed by atoms with E-state index in [9.17, 15) is 4.79 Å². The molecular weight excluding hydrogens is 376 g/mol. The van der Waals surface area contributed by atoms with Gasteiger partial charge in [-0.25, -0.2) is 4.98 Å². The molecule has 0 fully saturated rings. The number of thiazole rings is 1. The molecule has 0 unspecified atom stereocenters. The number of amides is 1. The zero-order chi connectivity index (χ0) is 19.4. The first-order valence-corrected chi connectivity index (χ1v) is 9.88. The third-order valence-corrected chi connectivity index (χ3v) is 5.09. The zero-order valence-electron chi connectivity index (χ0n) is 15.5. The molecule has 0 aliphatic heterocycles. The van der Waals surface area contributed by atoms with Crippen LogP contribution in [0.25, 0.3) is 17.3 Å². The summed E-state index contributed by atoms with van der Waals surface area (Å²) in [6.07, 6.45) is 3.32. The predicted octanol–water partition coefficient (Wildman–Crippen LogP) is 6.41. The number of hydrogen-bond donors (Lipinski definition) is 1. The highest BCUT2D eigenvalue weighted by Crippen LogP contribution is 2.26. The molecule has 0 spiro atoms. The Hall–Kier alpha value is -2.43. The average Bonchev–Trinajstić information content (AvgIpc) is 3.08. The summed E-state index contributed by atoms with van der Waals surface area (Å²) in [7, 11) is 0. The quantitative estimate of drug-likeness (QED) is 0.517. The van der Waals surface area contributed by atoms with Crippen LogP contribution in [0.15, 0.2) is 60.0 Å². The lowest BCUT2D eigenvalue weighted by Gasteiger charge is -2.18. The highest BCUT2D eigenvalue weighted by Gasteiger charge is 2.12. The minimum atomic E-state index is -0.202. The first-order chi connectivity index (χ1) is 12.8. The minimum absolute atomic E-state index is 0.117. The summed E-state index contributed by atoms with van der Waals surface area (Å²) in [5, 5.41) is 5.97. The van der Waals surface area contributed by atoms with Gasteiger partial charge in [0, 0.05) is 22.0 Å². The fourth-order valence-corrected chi connectivity index (χ4v) is 3.35. The van der Waals surface area contributed by atoms with Crippen LogP contribution in [-0.2, 0) is 10.2 Å². The van der Waals surface area contributed by atoms with Gasteiger partial charge in [0.2, 0.25) is 5.91 Å². The van der Waals surface area contributed by atoms with Crippen molar-refractivity contribution in [2.45, 2.75) is 26.2 Å². The number of benzene rings is 2. The molecule has 3 rings (SSSR count). The van der Waals surface area contributed by atoms with E-state index < -0.39 is 0 Å². The van der Waals surface area contributed by atoms with Gasteiger partial charge in [-0.1, -0.05) is 68.8 Å². The van der Waals surface area contributed by atoms with E-state index in [-0.39, 0.29) is 11.3 Å². The number of halogens is 1. The number of carbonyl (C=O) groups excluding carboxylic acids is 1. The Labute approximate surface area is 168 Å². The molecule has 3 nitrogen and oxygen atoms in total. The van der Waals surface area contributed by atoms with Gasteiger partial charge in [0.25, 0.3) is 0 Å². The topological polar surface area (TPSA) is 42.0 Å². The molecule has 0 atom stereocenters.